The Morgan fingerprint density at radius 1 is 1.11 bits per heavy atom. The zero-order valence-electron chi connectivity index (χ0n) is 12.2. The molecule has 2 aliphatic rings. The third kappa shape index (κ3) is 4.94. The largest absolute Gasteiger partial charge is 0.340 e. The van der Waals surface area contributed by atoms with E-state index in [1.807, 2.05) is 0 Å². The molecule has 0 unspecified atom stereocenters. The maximum absolute atomic E-state index is 12.1. The van der Waals surface area contributed by atoms with Gasteiger partial charge in [-0.2, -0.15) is 0 Å². The van der Waals surface area contributed by atoms with E-state index >= 15 is 0 Å². The van der Waals surface area contributed by atoms with Crippen LogP contribution < -0.4 is 5.32 Å². The average Bonchev–Trinajstić information content (AvgIpc) is 2.41. The van der Waals surface area contributed by atoms with Gasteiger partial charge in [-0.15, -0.1) is 0 Å². The Morgan fingerprint density at radius 3 is 2.11 bits per heavy atom. The van der Waals surface area contributed by atoms with Crippen LogP contribution in [0.2, 0.25) is 0 Å². The molecule has 0 radical (unpaired) electrons. The van der Waals surface area contributed by atoms with E-state index in [9.17, 15) is 4.79 Å². The van der Waals surface area contributed by atoms with E-state index in [1.54, 1.807) is 0 Å². The quantitative estimate of drug-likeness (QED) is 0.764. The Hall–Kier alpha value is -0.610. The molecule has 0 bridgehead atoms. The van der Waals surface area contributed by atoms with Gasteiger partial charge < -0.3 is 15.1 Å². The van der Waals surface area contributed by atoms with Gasteiger partial charge in [0, 0.05) is 32.1 Å². The number of piperazine rings is 1. The standard InChI is InChI=1S/C11H21N3O.C3H8/c1-13-6-8-14(9-7-13)11(15)10-2-4-12-5-3-10;1-3-2/h10,12H,2-9H2,1H3;3H2,1-2H3. The summed E-state index contributed by atoms with van der Waals surface area (Å²) in [6.45, 7) is 10.1. The minimum atomic E-state index is 0.287. The topological polar surface area (TPSA) is 35.6 Å². The van der Waals surface area contributed by atoms with Crippen LogP contribution in [0.3, 0.4) is 0 Å². The first-order valence-electron chi connectivity index (χ1n) is 7.37. The number of carbonyl (C=O) groups is 1. The molecule has 1 N–H and O–H groups in total. The molecule has 4 nitrogen and oxygen atoms in total. The van der Waals surface area contributed by atoms with Crippen LogP contribution in [0.15, 0.2) is 0 Å². The van der Waals surface area contributed by atoms with Crippen molar-refractivity contribution in [3.05, 3.63) is 0 Å². The Kier molecular flexibility index (Phi) is 7.28. The molecule has 2 saturated heterocycles. The van der Waals surface area contributed by atoms with Crippen LogP contribution >= 0.6 is 0 Å². The minimum absolute atomic E-state index is 0.287. The van der Waals surface area contributed by atoms with E-state index in [0.29, 0.717) is 5.91 Å². The first kappa shape index (κ1) is 15.4. The van der Waals surface area contributed by atoms with Crippen molar-refractivity contribution in [3.63, 3.8) is 0 Å². The number of nitrogens with one attached hydrogen (secondary N) is 1. The molecule has 0 aromatic rings. The van der Waals surface area contributed by atoms with E-state index in [-0.39, 0.29) is 5.92 Å². The van der Waals surface area contributed by atoms with Gasteiger partial charge in [0.15, 0.2) is 0 Å². The molecule has 0 aliphatic carbocycles. The summed E-state index contributed by atoms with van der Waals surface area (Å²) in [5.41, 5.74) is 0. The van der Waals surface area contributed by atoms with Crippen molar-refractivity contribution in [1.82, 2.24) is 15.1 Å². The van der Waals surface area contributed by atoms with Crippen LogP contribution in [0.25, 0.3) is 0 Å². The van der Waals surface area contributed by atoms with Gasteiger partial charge in [-0.1, -0.05) is 20.3 Å². The molecule has 2 rings (SSSR count). The van der Waals surface area contributed by atoms with Crippen molar-refractivity contribution in [2.24, 2.45) is 5.92 Å². The fourth-order valence-electron chi connectivity index (χ4n) is 2.35. The maximum atomic E-state index is 12.1. The summed E-state index contributed by atoms with van der Waals surface area (Å²) in [4.78, 5) is 16.5. The van der Waals surface area contributed by atoms with Crippen molar-refractivity contribution in [2.75, 3.05) is 46.3 Å². The summed E-state index contributed by atoms with van der Waals surface area (Å²) < 4.78 is 0. The fourth-order valence-corrected chi connectivity index (χ4v) is 2.35. The first-order chi connectivity index (χ1) is 8.69. The van der Waals surface area contributed by atoms with E-state index in [4.69, 9.17) is 0 Å². The molecule has 4 heteroatoms. The molecule has 0 aromatic carbocycles. The second-order valence-corrected chi connectivity index (χ2v) is 5.36. The van der Waals surface area contributed by atoms with E-state index in [2.05, 4.69) is 36.0 Å². The zero-order valence-corrected chi connectivity index (χ0v) is 12.2. The summed E-state index contributed by atoms with van der Waals surface area (Å²) >= 11 is 0. The molecule has 106 valence electrons. The fraction of sp³-hybridized carbons (Fsp3) is 0.929. The molecular weight excluding hydrogens is 226 g/mol. The number of nitrogens with zero attached hydrogens (tertiary/aromatic N) is 2. The minimum Gasteiger partial charge on any atom is -0.340 e. The second kappa shape index (κ2) is 8.48. The van der Waals surface area contributed by atoms with Gasteiger partial charge in [-0.3, -0.25) is 4.79 Å². The molecule has 0 saturated carbocycles. The smallest absolute Gasteiger partial charge is 0.225 e. The summed E-state index contributed by atoms with van der Waals surface area (Å²) in [5, 5.41) is 3.30. The van der Waals surface area contributed by atoms with Crippen LogP contribution in [0.5, 0.6) is 0 Å². The van der Waals surface area contributed by atoms with Crippen molar-refractivity contribution >= 4 is 5.91 Å². The molecule has 2 aliphatic heterocycles. The number of amides is 1. The monoisotopic (exact) mass is 255 g/mol. The summed E-state index contributed by atoms with van der Waals surface area (Å²) in [7, 11) is 2.12. The number of hydrogen-bond donors (Lipinski definition) is 1. The lowest BCUT2D eigenvalue weighted by atomic mass is 9.96. The number of hydrogen-bond acceptors (Lipinski definition) is 3. The SMILES string of the molecule is CCC.CN1CCN(C(=O)C2CCNCC2)CC1. The molecule has 0 aromatic heterocycles. The Labute approximate surface area is 112 Å². The Morgan fingerprint density at radius 2 is 1.61 bits per heavy atom. The molecule has 18 heavy (non-hydrogen) atoms. The number of likely N-dealkylation sites (N-methyl/N-ethyl adjacent to an activating group) is 1. The zero-order chi connectivity index (χ0) is 13.4. The highest BCUT2D eigenvalue weighted by Crippen LogP contribution is 2.16. The van der Waals surface area contributed by atoms with Gasteiger partial charge in [-0.05, 0) is 33.0 Å². The van der Waals surface area contributed by atoms with Crippen LogP contribution in [0.4, 0.5) is 0 Å². The highest BCUT2D eigenvalue weighted by molar-refractivity contribution is 5.79. The molecular formula is C14H29N3O. The maximum Gasteiger partial charge on any atom is 0.225 e. The summed E-state index contributed by atoms with van der Waals surface area (Å²) in [6, 6.07) is 0. The predicted molar refractivity (Wildman–Crippen MR) is 75.6 cm³/mol. The van der Waals surface area contributed by atoms with Gasteiger partial charge in [0.25, 0.3) is 0 Å². The third-order valence-electron chi connectivity index (χ3n) is 3.50. The lowest BCUT2D eigenvalue weighted by molar-refractivity contribution is -0.137. The van der Waals surface area contributed by atoms with Gasteiger partial charge in [0.1, 0.15) is 0 Å². The number of piperidine rings is 1. The van der Waals surface area contributed by atoms with Crippen molar-refractivity contribution < 1.29 is 4.79 Å². The molecule has 0 spiro atoms. The molecule has 2 fully saturated rings. The van der Waals surface area contributed by atoms with Gasteiger partial charge in [0.2, 0.25) is 5.91 Å². The van der Waals surface area contributed by atoms with Crippen LogP contribution in [-0.4, -0.2) is 62.0 Å². The van der Waals surface area contributed by atoms with Gasteiger partial charge in [-0.25, -0.2) is 0 Å². The highest BCUT2D eigenvalue weighted by Gasteiger charge is 2.27. The van der Waals surface area contributed by atoms with Crippen molar-refractivity contribution in [3.8, 4) is 0 Å². The Bertz CT molecular complexity index is 231. The normalized spacial score (nSPS) is 22.3. The third-order valence-corrected chi connectivity index (χ3v) is 3.50. The van der Waals surface area contributed by atoms with Crippen molar-refractivity contribution in [1.29, 1.82) is 0 Å². The van der Waals surface area contributed by atoms with Crippen LogP contribution in [0, 0.1) is 5.92 Å². The summed E-state index contributed by atoms with van der Waals surface area (Å²) in [5.74, 6) is 0.680. The predicted octanol–water partition coefficient (Wildman–Crippen LogP) is 1.18. The van der Waals surface area contributed by atoms with Crippen LogP contribution in [-0.2, 0) is 4.79 Å². The molecule has 0 atom stereocenters. The number of rotatable bonds is 1. The average molecular weight is 255 g/mol. The van der Waals surface area contributed by atoms with E-state index < -0.39 is 0 Å². The van der Waals surface area contributed by atoms with Gasteiger partial charge in [0.05, 0.1) is 0 Å². The first-order valence-corrected chi connectivity index (χ1v) is 7.37. The van der Waals surface area contributed by atoms with Crippen molar-refractivity contribution in [2.45, 2.75) is 33.1 Å². The molecule has 2 heterocycles. The Balaban J connectivity index is 0.000000492. The van der Waals surface area contributed by atoms with E-state index in [0.717, 1.165) is 52.1 Å². The lowest BCUT2D eigenvalue weighted by Crippen LogP contribution is -2.50. The lowest BCUT2D eigenvalue weighted by Gasteiger charge is -2.35. The molecule has 1 amide bonds. The van der Waals surface area contributed by atoms with E-state index in [1.165, 1.54) is 6.42 Å². The number of carbonyl (C=O) groups excluding carboxylic acids is 1. The van der Waals surface area contributed by atoms with Crippen LogP contribution in [0.1, 0.15) is 33.1 Å². The van der Waals surface area contributed by atoms with Gasteiger partial charge >= 0.3 is 0 Å². The highest BCUT2D eigenvalue weighted by atomic mass is 16.2. The second-order valence-electron chi connectivity index (χ2n) is 5.36. The summed E-state index contributed by atoms with van der Waals surface area (Å²) in [6.07, 6.45) is 3.29.